The monoisotopic (exact) mass is 234 g/mol. The minimum absolute atomic E-state index is 0.207. The molecule has 86 valence electrons. The maximum absolute atomic E-state index is 11.5. The van der Waals surface area contributed by atoms with Gasteiger partial charge >= 0.3 is 0 Å². The van der Waals surface area contributed by atoms with Gasteiger partial charge in [0, 0.05) is 13.5 Å². The van der Waals surface area contributed by atoms with Crippen LogP contribution in [0.4, 0.5) is 0 Å². The Bertz CT molecular complexity index is 376. The molecule has 7 heteroatoms. The fourth-order valence-corrected chi connectivity index (χ4v) is 2.17. The number of amides is 2. The molecule has 1 rings (SSSR count). The van der Waals surface area contributed by atoms with Gasteiger partial charge in [0.05, 0.1) is 6.26 Å². The largest absolute Gasteiger partial charge is 0.331 e. The summed E-state index contributed by atoms with van der Waals surface area (Å²) >= 11 is 0. The van der Waals surface area contributed by atoms with Crippen LogP contribution < -0.4 is 4.72 Å². The highest BCUT2D eigenvalue weighted by atomic mass is 32.2. The average molecular weight is 234 g/mol. The van der Waals surface area contributed by atoms with Gasteiger partial charge in [0.1, 0.15) is 6.04 Å². The smallest absolute Gasteiger partial charge is 0.256 e. The number of nitrogens with zero attached hydrogens (tertiary/aromatic N) is 1. The van der Waals surface area contributed by atoms with Gasteiger partial charge in [0.15, 0.2) is 0 Å². The van der Waals surface area contributed by atoms with Gasteiger partial charge in [-0.25, -0.2) is 8.42 Å². The summed E-state index contributed by atoms with van der Waals surface area (Å²) in [7, 11) is -3.55. The van der Waals surface area contributed by atoms with Crippen molar-refractivity contribution in [3.8, 4) is 0 Å². The lowest BCUT2D eigenvalue weighted by Crippen LogP contribution is -2.46. The Balaban J connectivity index is 2.71. The van der Waals surface area contributed by atoms with E-state index in [0.29, 0.717) is 13.0 Å². The van der Waals surface area contributed by atoms with E-state index in [4.69, 9.17) is 0 Å². The van der Waals surface area contributed by atoms with E-state index >= 15 is 0 Å². The minimum Gasteiger partial charge on any atom is -0.331 e. The highest BCUT2D eigenvalue weighted by Crippen LogP contribution is 2.17. The number of carbonyl (C=O) groups excluding carboxylic acids is 2. The summed E-state index contributed by atoms with van der Waals surface area (Å²) in [4.78, 5) is 24.0. The quantitative estimate of drug-likeness (QED) is 0.669. The molecule has 0 aliphatic carbocycles. The van der Waals surface area contributed by atoms with E-state index in [-0.39, 0.29) is 5.91 Å². The number of hydrogen-bond acceptors (Lipinski definition) is 4. The van der Waals surface area contributed by atoms with E-state index in [1.807, 2.05) is 4.72 Å². The van der Waals surface area contributed by atoms with Crippen LogP contribution in [0.25, 0.3) is 0 Å². The number of sulfonamides is 1. The van der Waals surface area contributed by atoms with E-state index in [0.717, 1.165) is 12.7 Å². The minimum atomic E-state index is -3.55. The summed E-state index contributed by atoms with van der Waals surface area (Å²) in [5.74, 6) is -0.827. The maximum Gasteiger partial charge on any atom is 0.256 e. The molecule has 1 aliphatic rings. The maximum atomic E-state index is 11.5. The van der Waals surface area contributed by atoms with E-state index < -0.39 is 22.0 Å². The van der Waals surface area contributed by atoms with Gasteiger partial charge in [0.25, 0.3) is 5.91 Å². The number of likely N-dealkylation sites (tertiary alicyclic amines) is 1. The lowest BCUT2D eigenvalue weighted by molar-refractivity contribution is -0.136. The van der Waals surface area contributed by atoms with Crippen LogP contribution in [-0.4, -0.2) is 44.0 Å². The summed E-state index contributed by atoms with van der Waals surface area (Å²) in [6.45, 7) is 1.88. The summed E-state index contributed by atoms with van der Waals surface area (Å²) in [6.07, 6.45) is 2.15. The predicted octanol–water partition coefficient (Wildman–Crippen LogP) is -0.927. The molecule has 2 amide bonds. The van der Waals surface area contributed by atoms with Crippen LogP contribution >= 0.6 is 0 Å². The molecule has 1 fully saturated rings. The average Bonchev–Trinajstić information content (AvgIpc) is 2.47. The van der Waals surface area contributed by atoms with E-state index in [1.54, 1.807) is 0 Å². The number of rotatable bonds is 2. The van der Waals surface area contributed by atoms with Crippen molar-refractivity contribution in [2.24, 2.45) is 0 Å². The third kappa shape index (κ3) is 3.19. The lowest BCUT2D eigenvalue weighted by Gasteiger charge is -2.21. The van der Waals surface area contributed by atoms with Crippen LogP contribution in [0.3, 0.4) is 0 Å². The third-order valence-corrected chi connectivity index (χ3v) is 2.82. The Kier molecular flexibility index (Phi) is 3.33. The second-order valence-corrected chi connectivity index (χ2v) is 5.36. The molecule has 0 bridgehead atoms. The molecule has 1 atom stereocenters. The van der Waals surface area contributed by atoms with Gasteiger partial charge in [0.2, 0.25) is 15.9 Å². The molecule has 0 aromatic carbocycles. The molecular weight excluding hydrogens is 220 g/mol. The first-order chi connectivity index (χ1) is 6.81. The van der Waals surface area contributed by atoms with E-state index in [9.17, 15) is 18.0 Å². The highest BCUT2D eigenvalue weighted by Gasteiger charge is 2.33. The Labute approximate surface area is 88.7 Å². The van der Waals surface area contributed by atoms with Crippen LogP contribution in [-0.2, 0) is 19.6 Å². The molecule has 0 aromatic heterocycles. The Hall–Kier alpha value is -1.11. The molecule has 1 aliphatic heterocycles. The van der Waals surface area contributed by atoms with Gasteiger partial charge in [-0.05, 0) is 12.8 Å². The first-order valence-electron chi connectivity index (χ1n) is 4.60. The summed E-state index contributed by atoms with van der Waals surface area (Å²) in [5, 5.41) is 0. The normalized spacial score (nSPS) is 21.5. The SMILES string of the molecule is CC(=O)N1CCC[C@H]1C(=O)NS(C)(=O)=O. The van der Waals surface area contributed by atoms with Crippen LogP contribution in [0.1, 0.15) is 19.8 Å². The van der Waals surface area contributed by atoms with Crippen molar-refractivity contribution in [1.29, 1.82) is 0 Å². The second kappa shape index (κ2) is 4.18. The van der Waals surface area contributed by atoms with Gasteiger partial charge < -0.3 is 4.90 Å². The van der Waals surface area contributed by atoms with Crippen molar-refractivity contribution in [3.05, 3.63) is 0 Å². The second-order valence-electron chi connectivity index (χ2n) is 3.61. The zero-order chi connectivity index (χ0) is 11.6. The third-order valence-electron chi connectivity index (χ3n) is 2.25. The summed E-state index contributed by atoms with van der Waals surface area (Å²) in [5.41, 5.74) is 0. The van der Waals surface area contributed by atoms with Gasteiger partial charge in [-0.3, -0.25) is 14.3 Å². The Morgan fingerprint density at radius 3 is 2.47 bits per heavy atom. The lowest BCUT2D eigenvalue weighted by atomic mass is 10.2. The molecule has 1 saturated heterocycles. The molecule has 15 heavy (non-hydrogen) atoms. The summed E-state index contributed by atoms with van der Waals surface area (Å²) in [6, 6.07) is -0.641. The number of hydrogen-bond donors (Lipinski definition) is 1. The predicted molar refractivity (Wildman–Crippen MR) is 53.4 cm³/mol. The molecule has 0 unspecified atom stereocenters. The zero-order valence-electron chi connectivity index (χ0n) is 8.69. The van der Waals surface area contributed by atoms with Gasteiger partial charge in [-0.2, -0.15) is 0 Å². The van der Waals surface area contributed by atoms with Gasteiger partial charge in [-0.15, -0.1) is 0 Å². The molecule has 0 saturated carbocycles. The Morgan fingerprint density at radius 2 is 2.00 bits per heavy atom. The number of carbonyl (C=O) groups is 2. The summed E-state index contributed by atoms with van der Waals surface area (Å²) < 4.78 is 23.6. The fraction of sp³-hybridized carbons (Fsp3) is 0.750. The molecule has 0 radical (unpaired) electrons. The zero-order valence-corrected chi connectivity index (χ0v) is 9.50. The molecule has 0 spiro atoms. The highest BCUT2D eigenvalue weighted by molar-refractivity contribution is 7.89. The van der Waals surface area contributed by atoms with Crippen molar-refractivity contribution in [2.45, 2.75) is 25.8 Å². The van der Waals surface area contributed by atoms with Crippen LogP contribution in [0.15, 0.2) is 0 Å². The fourth-order valence-electron chi connectivity index (χ4n) is 1.67. The first-order valence-corrected chi connectivity index (χ1v) is 6.49. The Morgan fingerprint density at radius 1 is 1.40 bits per heavy atom. The molecule has 1 heterocycles. The van der Waals surface area contributed by atoms with Crippen molar-refractivity contribution in [3.63, 3.8) is 0 Å². The van der Waals surface area contributed by atoms with Crippen molar-refractivity contribution >= 4 is 21.8 Å². The van der Waals surface area contributed by atoms with E-state index in [2.05, 4.69) is 0 Å². The van der Waals surface area contributed by atoms with Crippen LogP contribution in [0.5, 0.6) is 0 Å². The topological polar surface area (TPSA) is 83.6 Å². The number of nitrogens with one attached hydrogen (secondary N) is 1. The van der Waals surface area contributed by atoms with Crippen LogP contribution in [0, 0.1) is 0 Å². The molecular formula is C8H14N2O4S. The van der Waals surface area contributed by atoms with Gasteiger partial charge in [-0.1, -0.05) is 0 Å². The van der Waals surface area contributed by atoms with Crippen molar-refractivity contribution < 1.29 is 18.0 Å². The standard InChI is InChI=1S/C8H14N2O4S/c1-6(11)10-5-3-4-7(10)8(12)9-15(2,13)14/h7H,3-5H2,1-2H3,(H,9,12)/t7-/m0/s1. The van der Waals surface area contributed by atoms with Crippen molar-refractivity contribution in [1.82, 2.24) is 9.62 Å². The van der Waals surface area contributed by atoms with E-state index in [1.165, 1.54) is 11.8 Å². The molecule has 6 nitrogen and oxygen atoms in total. The first kappa shape index (κ1) is 12.0. The van der Waals surface area contributed by atoms with Crippen molar-refractivity contribution in [2.75, 3.05) is 12.8 Å². The molecule has 0 aromatic rings. The molecule has 1 N–H and O–H groups in total. The van der Waals surface area contributed by atoms with Crippen LogP contribution in [0.2, 0.25) is 0 Å².